The maximum atomic E-state index is 13.0. The van der Waals surface area contributed by atoms with Gasteiger partial charge in [-0.05, 0) is 42.0 Å². The number of halogens is 1. The van der Waals surface area contributed by atoms with Gasteiger partial charge in [0, 0.05) is 12.6 Å². The molecule has 6 heteroatoms. The Morgan fingerprint density at radius 1 is 1.21 bits per heavy atom. The van der Waals surface area contributed by atoms with E-state index in [0.717, 1.165) is 5.56 Å². The van der Waals surface area contributed by atoms with Crippen molar-refractivity contribution in [2.45, 2.75) is 0 Å². The summed E-state index contributed by atoms with van der Waals surface area (Å²) in [6, 6.07) is 10.6. The van der Waals surface area contributed by atoms with Crippen molar-refractivity contribution in [3.8, 4) is 5.75 Å². The highest BCUT2D eigenvalue weighted by Gasteiger charge is 2.14. The summed E-state index contributed by atoms with van der Waals surface area (Å²) in [7, 11) is 3.12. The molecule has 0 bridgehead atoms. The van der Waals surface area contributed by atoms with Crippen LogP contribution in [0.25, 0.3) is 6.08 Å². The number of hydrogen-bond acceptors (Lipinski definition) is 4. The first-order valence-electron chi connectivity index (χ1n) is 7.15. The van der Waals surface area contributed by atoms with E-state index in [4.69, 9.17) is 4.74 Å². The summed E-state index contributed by atoms with van der Waals surface area (Å²) in [5, 5.41) is 13.5. The Hall–Kier alpha value is -3.15. The van der Waals surface area contributed by atoms with Crippen molar-refractivity contribution in [2.24, 2.45) is 5.10 Å². The fourth-order valence-electron chi connectivity index (χ4n) is 2.11. The molecular weight excluding hydrogens is 311 g/mol. The first-order chi connectivity index (χ1) is 11.5. The van der Waals surface area contributed by atoms with Gasteiger partial charge in [0.15, 0.2) is 0 Å². The van der Waals surface area contributed by atoms with Gasteiger partial charge in [-0.3, -0.25) is 0 Å². The van der Waals surface area contributed by atoms with Gasteiger partial charge in [0.25, 0.3) is 0 Å². The minimum Gasteiger partial charge on any atom is -0.497 e. The van der Waals surface area contributed by atoms with Crippen LogP contribution in [-0.2, 0) is 0 Å². The number of rotatable bonds is 6. The van der Waals surface area contributed by atoms with Crippen LogP contribution in [0.15, 0.2) is 53.6 Å². The minimum atomic E-state index is -1.06. The smallest absolute Gasteiger partial charge is 0.336 e. The molecule has 5 nitrogen and oxygen atoms in total. The fourth-order valence-corrected chi connectivity index (χ4v) is 2.11. The highest BCUT2D eigenvalue weighted by atomic mass is 19.1. The topological polar surface area (TPSA) is 70.9 Å². The summed E-state index contributed by atoms with van der Waals surface area (Å²) in [5.41, 5.74) is 4.35. The quantitative estimate of drug-likeness (QED) is 0.631. The fraction of sp³-hybridized carbons (Fsp3) is 0.111. The monoisotopic (exact) mass is 328 g/mol. The summed E-state index contributed by atoms with van der Waals surface area (Å²) >= 11 is 0. The lowest BCUT2D eigenvalue weighted by Gasteiger charge is -2.09. The Balaban J connectivity index is 2.45. The van der Waals surface area contributed by atoms with Crippen LogP contribution in [0, 0.1) is 5.82 Å². The van der Waals surface area contributed by atoms with Crippen LogP contribution in [-0.4, -0.2) is 30.9 Å². The lowest BCUT2D eigenvalue weighted by molar-refractivity contribution is 0.0696. The number of hydrogen-bond donors (Lipinski definition) is 2. The van der Waals surface area contributed by atoms with E-state index in [-0.39, 0.29) is 11.4 Å². The van der Waals surface area contributed by atoms with Gasteiger partial charge in [-0.15, -0.1) is 0 Å². The van der Waals surface area contributed by atoms with Gasteiger partial charge in [-0.2, -0.15) is 5.10 Å². The number of aromatic carboxylic acids is 1. The molecule has 2 N–H and O–H groups in total. The molecule has 0 aliphatic carbocycles. The Morgan fingerprint density at radius 3 is 2.50 bits per heavy atom. The summed E-state index contributed by atoms with van der Waals surface area (Å²) in [6.07, 6.45) is 3.38. The van der Waals surface area contributed by atoms with Crippen LogP contribution in [0.1, 0.15) is 21.5 Å². The van der Waals surface area contributed by atoms with Gasteiger partial charge >= 0.3 is 5.97 Å². The van der Waals surface area contributed by atoms with Gasteiger partial charge in [0.05, 0.1) is 18.4 Å². The molecule has 24 heavy (non-hydrogen) atoms. The molecule has 0 unspecified atom stereocenters. The third-order valence-electron chi connectivity index (χ3n) is 3.27. The first-order valence-corrected chi connectivity index (χ1v) is 7.15. The zero-order chi connectivity index (χ0) is 17.5. The molecule has 0 amide bonds. The number of carboxylic acids is 1. The molecule has 0 saturated carbocycles. The van der Waals surface area contributed by atoms with E-state index in [0.29, 0.717) is 17.0 Å². The number of nitrogens with zero attached hydrogens (tertiary/aromatic N) is 1. The van der Waals surface area contributed by atoms with E-state index >= 15 is 0 Å². The van der Waals surface area contributed by atoms with Crippen LogP contribution in [0.3, 0.4) is 0 Å². The van der Waals surface area contributed by atoms with Crippen molar-refractivity contribution in [3.63, 3.8) is 0 Å². The highest BCUT2D eigenvalue weighted by molar-refractivity contribution is 6.15. The average molecular weight is 328 g/mol. The molecule has 0 heterocycles. The van der Waals surface area contributed by atoms with Crippen molar-refractivity contribution >= 4 is 17.8 Å². The third kappa shape index (κ3) is 4.19. The van der Waals surface area contributed by atoms with Gasteiger partial charge in [-0.25, -0.2) is 9.18 Å². The van der Waals surface area contributed by atoms with E-state index in [1.165, 1.54) is 25.3 Å². The van der Waals surface area contributed by atoms with Crippen molar-refractivity contribution < 1.29 is 19.0 Å². The molecule has 2 aromatic rings. The second-order valence-corrected chi connectivity index (χ2v) is 4.82. The van der Waals surface area contributed by atoms with Gasteiger partial charge in [0.1, 0.15) is 11.6 Å². The molecule has 0 aliphatic heterocycles. The number of methoxy groups -OCH3 is 1. The van der Waals surface area contributed by atoms with Gasteiger partial charge < -0.3 is 15.3 Å². The molecule has 124 valence electrons. The number of benzene rings is 2. The van der Waals surface area contributed by atoms with Crippen molar-refractivity contribution in [1.29, 1.82) is 0 Å². The van der Waals surface area contributed by atoms with Crippen LogP contribution >= 0.6 is 0 Å². The SMILES string of the molecule is CN/N=C(\C=C\c1ccc(F)cc1)c1cc(OC)ccc1C(=O)O. The Kier molecular flexibility index (Phi) is 5.68. The number of carboxylic acid groups (broad SMARTS) is 1. The lowest BCUT2D eigenvalue weighted by atomic mass is 10.0. The maximum absolute atomic E-state index is 13.0. The normalized spacial score (nSPS) is 11.5. The third-order valence-corrected chi connectivity index (χ3v) is 3.27. The van der Waals surface area contributed by atoms with E-state index in [1.807, 2.05) is 0 Å². The predicted octanol–water partition coefficient (Wildman–Crippen LogP) is 3.17. The van der Waals surface area contributed by atoms with Crippen LogP contribution in [0.2, 0.25) is 0 Å². The average Bonchev–Trinajstić information content (AvgIpc) is 2.59. The zero-order valence-corrected chi connectivity index (χ0v) is 13.3. The van der Waals surface area contributed by atoms with E-state index < -0.39 is 5.97 Å². The molecular formula is C18H17FN2O3. The van der Waals surface area contributed by atoms with Gasteiger partial charge in [-0.1, -0.05) is 18.2 Å². The molecule has 2 aromatic carbocycles. The Bertz CT molecular complexity index is 783. The molecule has 0 spiro atoms. The first kappa shape index (κ1) is 17.2. The summed E-state index contributed by atoms with van der Waals surface area (Å²) in [5.74, 6) is -0.863. The molecule has 0 aromatic heterocycles. The van der Waals surface area contributed by atoms with E-state index in [1.54, 1.807) is 43.5 Å². The standard InChI is InChI=1S/C18H17FN2O3/c1-20-21-17(10-5-12-3-6-13(19)7-4-12)16-11-14(24-2)8-9-15(16)18(22)23/h3-11,20H,1-2H3,(H,22,23)/b10-5+,21-17+. The highest BCUT2D eigenvalue weighted by Crippen LogP contribution is 2.20. The second-order valence-electron chi connectivity index (χ2n) is 4.82. The van der Waals surface area contributed by atoms with Crippen molar-refractivity contribution in [2.75, 3.05) is 14.2 Å². The van der Waals surface area contributed by atoms with Gasteiger partial charge in [0.2, 0.25) is 0 Å². The molecule has 0 radical (unpaired) electrons. The van der Waals surface area contributed by atoms with Crippen molar-refractivity contribution in [1.82, 2.24) is 5.43 Å². The molecule has 0 atom stereocenters. The maximum Gasteiger partial charge on any atom is 0.336 e. The van der Waals surface area contributed by atoms with Crippen LogP contribution in [0.5, 0.6) is 5.75 Å². The number of allylic oxidation sites excluding steroid dienone is 1. The molecule has 0 aliphatic rings. The summed E-state index contributed by atoms with van der Waals surface area (Å²) < 4.78 is 18.1. The minimum absolute atomic E-state index is 0.105. The Morgan fingerprint density at radius 2 is 1.92 bits per heavy atom. The summed E-state index contributed by atoms with van der Waals surface area (Å²) in [6.45, 7) is 0. The molecule has 0 saturated heterocycles. The summed E-state index contributed by atoms with van der Waals surface area (Å²) in [4.78, 5) is 11.5. The number of hydrazone groups is 1. The second kappa shape index (κ2) is 7.92. The van der Waals surface area contributed by atoms with E-state index in [9.17, 15) is 14.3 Å². The zero-order valence-electron chi connectivity index (χ0n) is 13.3. The van der Waals surface area contributed by atoms with E-state index in [2.05, 4.69) is 10.5 Å². The number of ether oxygens (including phenoxy) is 1. The molecule has 2 rings (SSSR count). The van der Waals surface area contributed by atoms with Crippen LogP contribution in [0.4, 0.5) is 4.39 Å². The predicted molar refractivity (Wildman–Crippen MR) is 91.0 cm³/mol. The number of nitrogens with one attached hydrogen (secondary N) is 1. The molecule has 0 fully saturated rings. The largest absolute Gasteiger partial charge is 0.497 e. The Labute approximate surface area is 139 Å². The van der Waals surface area contributed by atoms with Crippen molar-refractivity contribution in [3.05, 3.63) is 71.0 Å². The number of carbonyl (C=O) groups is 1. The van der Waals surface area contributed by atoms with Crippen LogP contribution < -0.4 is 10.2 Å². The lowest BCUT2D eigenvalue weighted by Crippen LogP contribution is -2.11.